The fraction of sp³-hybridized carbons (Fsp3) is 0.647. The number of nitrogens with one attached hydrogen (secondary N) is 1. The third kappa shape index (κ3) is 5.19. The maximum absolute atomic E-state index is 5.61. The molecule has 0 aliphatic rings. The van der Waals surface area contributed by atoms with E-state index in [1.165, 1.54) is 5.56 Å². The maximum Gasteiger partial charge on any atom is 0.175 e. The molecule has 0 spiro atoms. The number of ether oxygens (including phenoxy) is 2. The Morgan fingerprint density at radius 2 is 1.95 bits per heavy atom. The van der Waals surface area contributed by atoms with Crippen molar-refractivity contribution in [2.75, 3.05) is 20.3 Å². The zero-order chi connectivity index (χ0) is 16.0. The van der Waals surface area contributed by atoms with Crippen LogP contribution in [-0.2, 0) is 6.54 Å². The van der Waals surface area contributed by atoms with Gasteiger partial charge >= 0.3 is 0 Å². The van der Waals surface area contributed by atoms with Crippen LogP contribution in [0.4, 0.5) is 0 Å². The topological polar surface area (TPSA) is 30.5 Å². The van der Waals surface area contributed by atoms with Crippen molar-refractivity contribution in [3.8, 4) is 11.5 Å². The number of methoxy groups -OCH3 is 1. The van der Waals surface area contributed by atoms with Gasteiger partial charge in [0.25, 0.3) is 0 Å². The lowest BCUT2D eigenvalue weighted by Crippen LogP contribution is -2.33. The minimum Gasteiger partial charge on any atom is -0.493 e. The highest BCUT2D eigenvalue weighted by atomic mass is 79.9. The average Bonchev–Trinajstić information content (AvgIpc) is 2.41. The minimum absolute atomic E-state index is 0.284. The molecule has 3 nitrogen and oxygen atoms in total. The summed E-state index contributed by atoms with van der Waals surface area (Å²) in [6.07, 6.45) is 0. The minimum atomic E-state index is 0.284. The van der Waals surface area contributed by atoms with Crippen LogP contribution in [0.15, 0.2) is 16.6 Å². The van der Waals surface area contributed by atoms with Crippen LogP contribution in [-0.4, -0.2) is 20.3 Å². The zero-order valence-electron chi connectivity index (χ0n) is 14.0. The molecule has 0 heterocycles. The van der Waals surface area contributed by atoms with Gasteiger partial charge in [-0.2, -0.15) is 0 Å². The standard InChI is InChI=1S/C17H28BrNO2/c1-7-21-16-14(18)8-13(9-15(16)20-6)10-19-11-17(4,5)12(2)3/h8-9,12,19H,7,10-11H2,1-6H3. The second-order valence-corrected chi connectivity index (χ2v) is 7.14. The van der Waals surface area contributed by atoms with Crippen molar-refractivity contribution in [2.45, 2.75) is 41.2 Å². The molecular weight excluding hydrogens is 330 g/mol. The SMILES string of the molecule is CCOc1c(Br)cc(CNCC(C)(C)C(C)C)cc1OC. The lowest BCUT2D eigenvalue weighted by atomic mass is 9.81. The van der Waals surface area contributed by atoms with Gasteiger partial charge in [0, 0.05) is 13.1 Å². The Morgan fingerprint density at radius 3 is 2.48 bits per heavy atom. The van der Waals surface area contributed by atoms with Gasteiger partial charge in [0.2, 0.25) is 0 Å². The van der Waals surface area contributed by atoms with E-state index in [9.17, 15) is 0 Å². The van der Waals surface area contributed by atoms with Gasteiger partial charge in [-0.15, -0.1) is 0 Å². The first-order chi connectivity index (χ1) is 9.81. The summed E-state index contributed by atoms with van der Waals surface area (Å²) in [7, 11) is 1.67. The van der Waals surface area contributed by atoms with Crippen LogP contribution in [0.2, 0.25) is 0 Å². The van der Waals surface area contributed by atoms with E-state index < -0.39 is 0 Å². The number of hydrogen-bond donors (Lipinski definition) is 1. The van der Waals surface area contributed by atoms with Crippen LogP contribution in [0.5, 0.6) is 11.5 Å². The number of rotatable bonds is 8. The van der Waals surface area contributed by atoms with Crippen molar-refractivity contribution in [1.82, 2.24) is 5.32 Å². The molecule has 0 aliphatic carbocycles. The summed E-state index contributed by atoms with van der Waals surface area (Å²) >= 11 is 3.56. The van der Waals surface area contributed by atoms with Gasteiger partial charge in [-0.25, -0.2) is 0 Å². The van der Waals surface area contributed by atoms with Crippen molar-refractivity contribution in [1.29, 1.82) is 0 Å². The van der Waals surface area contributed by atoms with Crippen molar-refractivity contribution < 1.29 is 9.47 Å². The second kappa shape index (κ2) is 8.04. The summed E-state index contributed by atoms with van der Waals surface area (Å²) in [4.78, 5) is 0. The third-order valence-corrected chi connectivity index (χ3v) is 4.64. The number of benzene rings is 1. The first-order valence-electron chi connectivity index (χ1n) is 7.51. The Kier molecular flexibility index (Phi) is 7.01. The van der Waals surface area contributed by atoms with Crippen molar-refractivity contribution in [3.63, 3.8) is 0 Å². The smallest absolute Gasteiger partial charge is 0.175 e. The summed E-state index contributed by atoms with van der Waals surface area (Å²) in [6, 6.07) is 4.12. The Morgan fingerprint density at radius 1 is 1.29 bits per heavy atom. The number of hydrogen-bond acceptors (Lipinski definition) is 3. The van der Waals surface area contributed by atoms with E-state index in [4.69, 9.17) is 9.47 Å². The van der Waals surface area contributed by atoms with Crippen LogP contribution in [0.25, 0.3) is 0 Å². The molecule has 0 saturated carbocycles. The van der Waals surface area contributed by atoms with Crippen LogP contribution in [0.1, 0.15) is 40.2 Å². The quantitative estimate of drug-likeness (QED) is 0.735. The predicted octanol–water partition coefficient (Wildman–Crippen LogP) is 4.63. The van der Waals surface area contributed by atoms with Gasteiger partial charge in [-0.1, -0.05) is 27.7 Å². The highest BCUT2D eigenvalue weighted by Crippen LogP contribution is 2.36. The lowest BCUT2D eigenvalue weighted by Gasteiger charge is -2.29. The summed E-state index contributed by atoms with van der Waals surface area (Å²) in [5, 5.41) is 3.54. The van der Waals surface area contributed by atoms with E-state index in [2.05, 4.69) is 55.0 Å². The lowest BCUT2D eigenvalue weighted by molar-refractivity contribution is 0.238. The van der Waals surface area contributed by atoms with Crippen LogP contribution >= 0.6 is 15.9 Å². The van der Waals surface area contributed by atoms with Gasteiger partial charge in [0.15, 0.2) is 11.5 Å². The van der Waals surface area contributed by atoms with E-state index in [1.807, 2.05) is 13.0 Å². The Hall–Kier alpha value is -0.740. The van der Waals surface area contributed by atoms with E-state index in [1.54, 1.807) is 7.11 Å². The van der Waals surface area contributed by atoms with Gasteiger partial charge in [-0.05, 0) is 51.9 Å². The Bertz CT molecular complexity index is 458. The molecule has 21 heavy (non-hydrogen) atoms. The van der Waals surface area contributed by atoms with Crippen molar-refractivity contribution in [3.05, 3.63) is 22.2 Å². The Balaban J connectivity index is 2.75. The second-order valence-electron chi connectivity index (χ2n) is 6.29. The van der Waals surface area contributed by atoms with Gasteiger partial charge in [0.1, 0.15) is 0 Å². The molecule has 0 aromatic heterocycles. The molecule has 1 aromatic carbocycles. The molecule has 0 unspecified atom stereocenters. The van der Waals surface area contributed by atoms with Gasteiger partial charge in [-0.3, -0.25) is 0 Å². The normalized spacial score (nSPS) is 11.8. The molecule has 4 heteroatoms. The Labute approximate surface area is 137 Å². The van der Waals surface area contributed by atoms with E-state index in [0.29, 0.717) is 12.5 Å². The fourth-order valence-electron chi connectivity index (χ4n) is 1.89. The summed E-state index contributed by atoms with van der Waals surface area (Å²) in [5.41, 5.74) is 1.47. The van der Waals surface area contributed by atoms with Crippen LogP contribution < -0.4 is 14.8 Å². The zero-order valence-corrected chi connectivity index (χ0v) is 15.6. The van der Waals surface area contributed by atoms with Gasteiger partial charge < -0.3 is 14.8 Å². The third-order valence-electron chi connectivity index (χ3n) is 4.05. The number of halogens is 1. The van der Waals surface area contributed by atoms with Crippen molar-refractivity contribution in [2.24, 2.45) is 11.3 Å². The van der Waals surface area contributed by atoms with Crippen molar-refractivity contribution >= 4 is 15.9 Å². The monoisotopic (exact) mass is 357 g/mol. The van der Waals surface area contributed by atoms with Crippen LogP contribution in [0, 0.1) is 11.3 Å². The first-order valence-corrected chi connectivity index (χ1v) is 8.31. The summed E-state index contributed by atoms with van der Waals surface area (Å²) < 4.78 is 12.0. The molecule has 0 saturated heterocycles. The molecule has 0 fully saturated rings. The molecule has 0 atom stereocenters. The van der Waals surface area contributed by atoms with E-state index in [-0.39, 0.29) is 5.41 Å². The predicted molar refractivity (Wildman–Crippen MR) is 92.2 cm³/mol. The summed E-state index contributed by atoms with van der Waals surface area (Å²) in [6.45, 7) is 13.5. The highest BCUT2D eigenvalue weighted by molar-refractivity contribution is 9.10. The molecule has 1 rings (SSSR count). The molecule has 0 bridgehead atoms. The largest absolute Gasteiger partial charge is 0.493 e. The molecule has 120 valence electrons. The van der Waals surface area contributed by atoms with E-state index in [0.717, 1.165) is 29.1 Å². The first kappa shape index (κ1) is 18.3. The molecule has 1 N–H and O–H groups in total. The van der Waals surface area contributed by atoms with Crippen LogP contribution in [0.3, 0.4) is 0 Å². The summed E-state index contributed by atoms with van der Waals surface area (Å²) in [5.74, 6) is 2.18. The maximum atomic E-state index is 5.61. The molecule has 1 aromatic rings. The molecule has 0 amide bonds. The fourth-order valence-corrected chi connectivity index (χ4v) is 2.50. The average molecular weight is 358 g/mol. The molecule has 0 radical (unpaired) electrons. The molecule has 0 aliphatic heterocycles. The van der Waals surface area contributed by atoms with Gasteiger partial charge in [0.05, 0.1) is 18.2 Å². The molecular formula is C17H28BrNO2. The van der Waals surface area contributed by atoms with E-state index >= 15 is 0 Å². The highest BCUT2D eigenvalue weighted by Gasteiger charge is 2.21.